The minimum atomic E-state index is -0.460. The minimum absolute atomic E-state index is 0.0983. The Bertz CT molecular complexity index is 1550. The third-order valence-corrected chi connectivity index (χ3v) is 8.99. The Morgan fingerprint density at radius 3 is 2.23 bits per heavy atom. The number of benzene rings is 3. The molecule has 1 aliphatic carbocycles. The molecular weight excluding hydrogens is 618 g/mol. The van der Waals surface area contributed by atoms with Gasteiger partial charge in [0.1, 0.15) is 12.0 Å². The van der Waals surface area contributed by atoms with Crippen LogP contribution in [0.4, 0.5) is 5.69 Å². The number of ketones is 1. The summed E-state index contributed by atoms with van der Waals surface area (Å²) in [5.74, 6) is 0.179. The van der Waals surface area contributed by atoms with Crippen molar-refractivity contribution in [2.75, 3.05) is 4.90 Å². The van der Waals surface area contributed by atoms with Gasteiger partial charge in [0, 0.05) is 43.8 Å². The molecule has 6 rings (SSSR count). The summed E-state index contributed by atoms with van der Waals surface area (Å²) >= 11 is 7.22. The molecule has 3 aliphatic rings. The highest BCUT2D eigenvalue weighted by atomic mass is 79.9. The molecule has 3 aromatic rings. The van der Waals surface area contributed by atoms with Gasteiger partial charge in [0.05, 0.1) is 5.57 Å². The summed E-state index contributed by atoms with van der Waals surface area (Å²) in [6.07, 6.45) is 0.712. The van der Waals surface area contributed by atoms with Crippen LogP contribution in [0.2, 0.25) is 0 Å². The average molecular weight is 647 g/mol. The molecule has 0 aromatic heterocycles. The number of carbonyl (C=O) groups is 2. The topological polar surface area (TPSA) is 61.4 Å². The molecule has 1 amide bonds. The van der Waals surface area contributed by atoms with Crippen LogP contribution < -0.4 is 15.5 Å². The highest BCUT2D eigenvalue weighted by Crippen LogP contribution is 2.52. The summed E-state index contributed by atoms with van der Waals surface area (Å²) in [6.45, 7) is 6.33. The summed E-state index contributed by atoms with van der Waals surface area (Å²) in [5, 5.41) is 6.86. The summed E-state index contributed by atoms with van der Waals surface area (Å²) in [7, 11) is 0. The standard InChI is InChI=1S/C32H29Br2N3O2/c1-18-8-10-19(11-9-18)26-27-24(16-32(2,3)17-25(27)38)37(21-14-12-20(33)13-15-21)30-28(26)31(39)36-29(35-30)22-6-4-5-7-23(22)34/h4-15,26,29,35H,16-17H2,1-3H3,(H,36,39). The lowest BCUT2D eigenvalue weighted by Crippen LogP contribution is -2.53. The van der Waals surface area contributed by atoms with E-state index in [1.807, 2.05) is 79.7 Å². The normalized spacial score (nSPS) is 22.2. The van der Waals surface area contributed by atoms with Crippen LogP contribution in [0, 0.1) is 12.3 Å². The molecule has 0 radical (unpaired) electrons. The molecule has 2 heterocycles. The third-order valence-electron chi connectivity index (χ3n) is 7.74. The van der Waals surface area contributed by atoms with Crippen molar-refractivity contribution >= 4 is 49.2 Å². The van der Waals surface area contributed by atoms with Gasteiger partial charge in [0.2, 0.25) is 0 Å². The Kier molecular flexibility index (Phi) is 6.55. The number of hydrogen-bond acceptors (Lipinski definition) is 4. The Hall–Kier alpha value is -3.16. The van der Waals surface area contributed by atoms with Crippen LogP contribution in [0.3, 0.4) is 0 Å². The fraction of sp³-hybridized carbons (Fsp3) is 0.250. The lowest BCUT2D eigenvalue weighted by Gasteiger charge is -2.48. The van der Waals surface area contributed by atoms with Crippen LogP contribution in [0.15, 0.2) is 104 Å². The number of nitrogens with zero attached hydrogens (tertiary/aromatic N) is 1. The van der Waals surface area contributed by atoms with Gasteiger partial charge in [-0.25, -0.2) is 0 Å². The Labute approximate surface area is 245 Å². The number of nitrogens with one attached hydrogen (secondary N) is 2. The maximum Gasteiger partial charge on any atom is 0.253 e. The molecule has 2 atom stereocenters. The number of Topliss-reactive ketones (excluding diaryl/α,β-unsaturated/α-hetero) is 1. The molecule has 0 saturated carbocycles. The zero-order valence-electron chi connectivity index (χ0n) is 22.0. The van der Waals surface area contributed by atoms with Gasteiger partial charge >= 0.3 is 0 Å². The lowest BCUT2D eigenvalue weighted by atomic mass is 9.68. The fourth-order valence-corrected chi connectivity index (χ4v) is 6.74. The number of amides is 1. The zero-order chi connectivity index (χ0) is 27.5. The second-order valence-electron chi connectivity index (χ2n) is 11.3. The summed E-state index contributed by atoms with van der Waals surface area (Å²) in [5.41, 5.74) is 5.94. The average Bonchev–Trinajstić information content (AvgIpc) is 2.88. The van der Waals surface area contributed by atoms with Crippen molar-refractivity contribution in [3.8, 4) is 0 Å². The maximum absolute atomic E-state index is 14.1. The van der Waals surface area contributed by atoms with Crippen LogP contribution in [-0.2, 0) is 9.59 Å². The van der Waals surface area contributed by atoms with E-state index < -0.39 is 12.1 Å². The second-order valence-corrected chi connectivity index (χ2v) is 13.1. The Balaban J connectivity index is 1.61. The molecule has 3 aromatic carbocycles. The second kappa shape index (κ2) is 9.79. The van der Waals surface area contributed by atoms with Crippen LogP contribution in [0.25, 0.3) is 0 Å². The number of carbonyl (C=O) groups excluding carboxylic acids is 2. The van der Waals surface area contributed by atoms with Crippen molar-refractivity contribution in [1.29, 1.82) is 0 Å². The van der Waals surface area contributed by atoms with Crippen LogP contribution in [-0.4, -0.2) is 11.7 Å². The fourth-order valence-electron chi connectivity index (χ4n) is 5.96. The minimum Gasteiger partial charge on any atom is -0.347 e. The predicted octanol–water partition coefficient (Wildman–Crippen LogP) is 7.40. The summed E-state index contributed by atoms with van der Waals surface area (Å²) in [6, 6.07) is 24.1. The van der Waals surface area contributed by atoms with Gasteiger partial charge in [0.25, 0.3) is 5.91 Å². The first-order valence-electron chi connectivity index (χ1n) is 13.1. The summed E-state index contributed by atoms with van der Waals surface area (Å²) in [4.78, 5) is 30.2. The van der Waals surface area contributed by atoms with E-state index in [9.17, 15) is 9.59 Å². The van der Waals surface area contributed by atoms with Crippen LogP contribution in [0.5, 0.6) is 0 Å². The van der Waals surface area contributed by atoms with E-state index >= 15 is 0 Å². The molecule has 7 heteroatoms. The molecule has 39 heavy (non-hydrogen) atoms. The van der Waals surface area contributed by atoms with Crippen molar-refractivity contribution in [2.45, 2.75) is 45.7 Å². The van der Waals surface area contributed by atoms with E-state index in [0.29, 0.717) is 18.4 Å². The van der Waals surface area contributed by atoms with Gasteiger partial charge in [-0.2, -0.15) is 0 Å². The van der Waals surface area contributed by atoms with E-state index in [0.717, 1.165) is 48.4 Å². The Morgan fingerprint density at radius 2 is 1.54 bits per heavy atom. The lowest BCUT2D eigenvalue weighted by molar-refractivity contribution is -0.119. The van der Waals surface area contributed by atoms with E-state index in [1.165, 1.54) is 0 Å². The number of anilines is 1. The molecule has 2 N–H and O–H groups in total. The largest absolute Gasteiger partial charge is 0.347 e. The smallest absolute Gasteiger partial charge is 0.253 e. The zero-order valence-corrected chi connectivity index (χ0v) is 25.2. The molecular formula is C32H29Br2N3O2. The molecule has 2 unspecified atom stereocenters. The van der Waals surface area contributed by atoms with Gasteiger partial charge in [-0.1, -0.05) is 93.7 Å². The SMILES string of the molecule is Cc1ccc(C2C3=C(CC(C)(C)CC3=O)N(c3ccc(Br)cc3)C3=C2C(=O)NC(c2ccccc2Br)N3)cc1. The number of allylic oxidation sites excluding steroid dienone is 2. The quantitative estimate of drug-likeness (QED) is 0.311. The number of halogens is 2. The first-order valence-corrected chi connectivity index (χ1v) is 14.7. The molecule has 5 nitrogen and oxygen atoms in total. The highest BCUT2D eigenvalue weighted by molar-refractivity contribution is 9.10. The van der Waals surface area contributed by atoms with Gasteiger partial charge < -0.3 is 10.6 Å². The van der Waals surface area contributed by atoms with E-state index in [2.05, 4.69) is 61.2 Å². The number of aryl methyl sites for hydroxylation is 1. The number of rotatable bonds is 3. The third kappa shape index (κ3) is 4.66. The maximum atomic E-state index is 14.1. The monoisotopic (exact) mass is 645 g/mol. The molecule has 0 saturated heterocycles. The molecule has 0 fully saturated rings. The van der Waals surface area contributed by atoms with Crippen molar-refractivity contribution < 1.29 is 9.59 Å². The van der Waals surface area contributed by atoms with Gasteiger partial charge in [-0.05, 0) is 54.7 Å². The van der Waals surface area contributed by atoms with Crippen molar-refractivity contribution in [1.82, 2.24) is 10.6 Å². The van der Waals surface area contributed by atoms with E-state index in [-0.39, 0.29) is 17.1 Å². The van der Waals surface area contributed by atoms with Crippen molar-refractivity contribution in [2.24, 2.45) is 5.41 Å². The van der Waals surface area contributed by atoms with Gasteiger partial charge in [-0.3, -0.25) is 14.5 Å². The molecule has 198 valence electrons. The first-order chi connectivity index (χ1) is 18.6. The number of hydrogen-bond donors (Lipinski definition) is 2. The molecule has 0 bridgehead atoms. The summed E-state index contributed by atoms with van der Waals surface area (Å²) < 4.78 is 1.87. The van der Waals surface area contributed by atoms with Crippen LogP contribution in [0.1, 0.15) is 55.5 Å². The van der Waals surface area contributed by atoms with Crippen LogP contribution >= 0.6 is 31.9 Å². The molecule has 0 spiro atoms. The van der Waals surface area contributed by atoms with Gasteiger partial charge in [-0.15, -0.1) is 0 Å². The molecule has 2 aliphatic heterocycles. The Morgan fingerprint density at radius 1 is 0.846 bits per heavy atom. The van der Waals surface area contributed by atoms with E-state index in [4.69, 9.17) is 0 Å². The van der Waals surface area contributed by atoms with Crippen molar-refractivity contribution in [3.05, 3.63) is 121 Å². The predicted molar refractivity (Wildman–Crippen MR) is 161 cm³/mol. The highest BCUT2D eigenvalue weighted by Gasteiger charge is 2.48. The van der Waals surface area contributed by atoms with Gasteiger partial charge in [0.15, 0.2) is 5.78 Å². The van der Waals surface area contributed by atoms with E-state index in [1.54, 1.807) is 0 Å². The van der Waals surface area contributed by atoms with Crippen molar-refractivity contribution in [3.63, 3.8) is 0 Å². The first kappa shape index (κ1) is 26.1.